The molecule has 1 fully saturated rings. The van der Waals surface area contributed by atoms with Crippen molar-refractivity contribution >= 4 is 0 Å². The number of hydrogen-bond acceptors (Lipinski definition) is 3. The molecule has 0 amide bonds. The molecular weight excluding hydrogens is 250 g/mol. The largest absolute Gasteiger partial charge is 0.497 e. The Kier molecular flexibility index (Phi) is 3.74. The van der Waals surface area contributed by atoms with Crippen molar-refractivity contribution in [1.82, 2.24) is 14.9 Å². The number of nitrogens with one attached hydrogen (secondary N) is 1. The van der Waals surface area contributed by atoms with Gasteiger partial charge in [-0.25, -0.2) is 4.98 Å². The van der Waals surface area contributed by atoms with Crippen LogP contribution in [-0.2, 0) is 0 Å². The van der Waals surface area contributed by atoms with Crippen LogP contribution in [0.4, 0.5) is 0 Å². The number of rotatable bonds is 4. The molecule has 0 spiro atoms. The lowest BCUT2D eigenvalue weighted by Gasteiger charge is -2.20. The molecule has 0 bridgehead atoms. The Morgan fingerprint density at radius 3 is 2.80 bits per heavy atom. The zero-order chi connectivity index (χ0) is 13.9. The highest BCUT2D eigenvalue weighted by molar-refractivity contribution is 5.30. The summed E-state index contributed by atoms with van der Waals surface area (Å²) in [6.45, 7) is 3.31. The number of ether oxygens (including phenoxy) is 1. The summed E-state index contributed by atoms with van der Waals surface area (Å²) in [5.74, 6) is 0.893. The van der Waals surface area contributed by atoms with Gasteiger partial charge in [-0.1, -0.05) is 12.1 Å². The SMILES string of the molecule is COc1ccc(C(C)n2cncc2[C@@H]2CCCN2)cc1. The van der Waals surface area contributed by atoms with Gasteiger partial charge in [0.15, 0.2) is 0 Å². The van der Waals surface area contributed by atoms with Crippen molar-refractivity contribution < 1.29 is 4.74 Å². The first-order valence-electron chi connectivity index (χ1n) is 7.18. The molecule has 0 saturated carbocycles. The van der Waals surface area contributed by atoms with E-state index in [9.17, 15) is 0 Å². The Morgan fingerprint density at radius 1 is 1.35 bits per heavy atom. The van der Waals surface area contributed by atoms with E-state index in [1.807, 2.05) is 24.7 Å². The van der Waals surface area contributed by atoms with Crippen LogP contribution in [-0.4, -0.2) is 23.2 Å². The molecule has 1 aromatic carbocycles. The molecule has 4 heteroatoms. The fourth-order valence-electron chi connectivity index (χ4n) is 2.89. The molecule has 1 aliphatic rings. The van der Waals surface area contributed by atoms with E-state index in [0.29, 0.717) is 6.04 Å². The predicted molar refractivity (Wildman–Crippen MR) is 79.0 cm³/mol. The third-order valence-electron chi connectivity index (χ3n) is 4.13. The third-order valence-corrected chi connectivity index (χ3v) is 4.13. The van der Waals surface area contributed by atoms with Gasteiger partial charge in [0.1, 0.15) is 5.75 Å². The number of aromatic nitrogens is 2. The smallest absolute Gasteiger partial charge is 0.118 e. The zero-order valence-electron chi connectivity index (χ0n) is 12.0. The van der Waals surface area contributed by atoms with Crippen molar-refractivity contribution in [2.75, 3.05) is 13.7 Å². The van der Waals surface area contributed by atoms with Gasteiger partial charge in [0.25, 0.3) is 0 Å². The van der Waals surface area contributed by atoms with Gasteiger partial charge >= 0.3 is 0 Å². The summed E-state index contributed by atoms with van der Waals surface area (Å²) in [6.07, 6.45) is 6.36. The summed E-state index contributed by atoms with van der Waals surface area (Å²) in [7, 11) is 1.69. The van der Waals surface area contributed by atoms with Gasteiger partial charge in [-0.15, -0.1) is 0 Å². The Balaban J connectivity index is 1.86. The second-order valence-corrected chi connectivity index (χ2v) is 5.32. The quantitative estimate of drug-likeness (QED) is 0.929. The van der Waals surface area contributed by atoms with Crippen molar-refractivity contribution in [2.45, 2.75) is 31.8 Å². The minimum absolute atomic E-state index is 0.279. The fourth-order valence-corrected chi connectivity index (χ4v) is 2.89. The minimum atomic E-state index is 0.279. The fraction of sp³-hybridized carbons (Fsp3) is 0.438. The van der Waals surface area contributed by atoms with Crippen LogP contribution in [0, 0.1) is 0 Å². The van der Waals surface area contributed by atoms with Crippen LogP contribution in [0.1, 0.15) is 43.1 Å². The van der Waals surface area contributed by atoms with Gasteiger partial charge in [-0.05, 0) is 44.0 Å². The molecular formula is C16H21N3O. The van der Waals surface area contributed by atoms with Gasteiger partial charge in [-0.3, -0.25) is 0 Å². The number of methoxy groups -OCH3 is 1. The van der Waals surface area contributed by atoms with Crippen molar-refractivity contribution in [1.29, 1.82) is 0 Å². The van der Waals surface area contributed by atoms with Crippen molar-refractivity contribution in [3.8, 4) is 5.75 Å². The minimum Gasteiger partial charge on any atom is -0.497 e. The van der Waals surface area contributed by atoms with E-state index in [0.717, 1.165) is 12.3 Å². The van der Waals surface area contributed by atoms with E-state index in [1.165, 1.54) is 24.1 Å². The van der Waals surface area contributed by atoms with Crippen LogP contribution in [0.2, 0.25) is 0 Å². The predicted octanol–water partition coefficient (Wildman–Crippen LogP) is 2.93. The first-order chi connectivity index (χ1) is 9.79. The molecule has 4 nitrogen and oxygen atoms in total. The molecule has 2 aromatic rings. The Bertz CT molecular complexity index is 555. The molecule has 1 saturated heterocycles. The first-order valence-corrected chi connectivity index (χ1v) is 7.18. The zero-order valence-corrected chi connectivity index (χ0v) is 12.0. The number of nitrogens with zero attached hydrogens (tertiary/aromatic N) is 2. The summed E-state index contributed by atoms with van der Waals surface area (Å²) < 4.78 is 7.48. The monoisotopic (exact) mass is 271 g/mol. The Morgan fingerprint density at radius 2 is 2.15 bits per heavy atom. The topological polar surface area (TPSA) is 39.1 Å². The molecule has 106 valence electrons. The summed E-state index contributed by atoms with van der Waals surface area (Å²) >= 11 is 0. The lowest BCUT2D eigenvalue weighted by Crippen LogP contribution is -2.18. The normalized spacial score (nSPS) is 20.0. The molecule has 1 unspecified atom stereocenters. The van der Waals surface area contributed by atoms with Crippen LogP contribution < -0.4 is 10.1 Å². The maximum atomic E-state index is 5.22. The van der Waals surface area contributed by atoms with Crippen molar-refractivity contribution in [2.24, 2.45) is 0 Å². The maximum Gasteiger partial charge on any atom is 0.118 e. The van der Waals surface area contributed by atoms with E-state index < -0.39 is 0 Å². The van der Waals surface area contributed by atoms with E-state index in [-0.39, 0.29) is 6.04 Å². The van der Waals surface area contributed by atoms with Crippen LogP contribution in [0.15, 0.2) is 36.8 Å². The molecule has 20 heavy (non-hydrogen) atoms. The molecule has 0 aliphatic carbocycles. The number of hydrogen-bond donors (Lipinski definition) is 1. The molecule has 1 N–H and O–H groups in total. The average Bonchev–Trinajstić information content (AvgIpc) is 3.16. The summed E-state index contributed by atoms with van der Waals surface area (Å²) in [5.41, 5.74) is 2.55. The molecule has 3 rings (SSSR count). The highest BCUT2D eigenvalue weighted by atomic mass is 16.5. The Labute approximate surface area is 119 Å². The van der Waals surface area contributed by atoms with E-state index in [1.54, 1.807) is 7.11 Å². The summed E-state index contributed by atoms with van der Waals surface area (Å²) in [4.78, 5) is 4.35. The summed E-state index contributed by atoms with van der Waals surface area (Å²) in [6, 6.07) is 8.98. The lowest BCUT2D eigenvalue weighted by atomic mass is 10.1. The van der Waals surface area contributed by atoms with Crippen molar-refractivity contribution in [3.05, 3.63) is 48.0 Å². The summed E-state index contributed by atoms with van der Waals surface area (Å²) in [5, 5.41) is 3.54. The van der Waals surface area contributed by atoms with Gasteiger partial charge in [-0.2, -0.15) is 0 Å². The average molecular weight is 271 g/mol. The Hall–Kier alpha value is -1.81. The van der Waals surface area contributed by atoms with Crippen LogP contribution >= 0.6 is 0 Å². The van der Waals surface area contributed by atoms with Gasteiger partial charge in [0, 0.05) is 12.2 Å². The third kappa shape index (κ3) is 2.43. The van der Waals surface area contributed by atoms with Crippen LogP contribution in [0.25, 0.3) is 0 Å². The molecule has 2 atom stereocenters. The molecule has 1 aliphatic heterocycles. The second kappa shape index (κ2) is 5.67. The molecule has 1 aromatic heterocycles. The standard InChI is InChI=1S/C16H21N3O/c1-12(13-5-7-14(20-2)8-6-13)19-11-17-10-16(19)15-4-3-9-18-15/h5-8,10-12,15,18H,3-4,9H2,1-2H3/t12?,15-/m0/s1. The van der Waals surface area contributed by atoms with E-state index >= 15 is 0 Å². The van der Waals surface area contributed by atoms with Gasteiger partial charge in [0.05, 0.1) is 25.2 Å². The lowest BCUT2D eigenvalue weighted by molar-refractivity contribution is 0.414. The van der Waals surface area contributed by atoms with Crippen LogP contribution in [0.5, 0.6) is 5.75 Å². The van der Waals surface area contributed by atoms with E-state index in [2.05, 4.69) is 33.9 Å². The highest BCUT2D eigenvalue weighted by Gasteiger charge is 2.22. The van der Waals surface area contributed by atoms with E-state index in [4.69, 9.17) is 4.74 Å². The van der Waals surface area contributed by atoms with Gasteiger partial charge in [0.2, 0.25) is 0 Å². The first kappa shape index (κ1) is 13.2. The highest BCUT2D eigenvalue weighted by Crippen LogP contribution is 2.28. The molecule has 2 heterocycles. The number of benzene rings is 1. The molecule has 0 radical (unpaired) electrons. The second-order valence-electron chi connectivity index (χ2n) is 5.32. The maximum absolute atomic E-state index is 5.22. The number of imidazole rings is 1. The van der Waals surface area contributed by atoms with Crippen molar-refractivity contribution in [3.63, 3.8) is 0 Å². The van der Waals surface area contributed by atoms with Gasteiger partial charge < -0.3 is 14.6 Å². The van der Waals surface area contributed by atoms with Crippen LogP contribution in [0.3, 0.4) is 0 Å².